The molecule has 3 aromatic rings. The lowest BCUT2D eigenvalue weighted by molar-refractivity contribution is -0.384. The summed E-state index contributed by atoms with van der Waals surface area (Å²) in [5, 5.41) is 22.2. The van der Waals surface area contributed by atoms with Crippen molar-refractivity contribution in [1.29, 1.82) is 0 Å². The maximum Gasteiger partial charge on any atom is 0.295 e. The number of nitro benzene ring substituents is 1. The van der Waals surface area contributed by atoms with E-state index in [4.69, 9.17) is 0 Å². The first kappa shape index (κ1) is 20.0. The third-order valence-corrected chi connectivity index (χ3v) is 5.06. The van der Waals surface area contributed by atoms with E-state index in [-0.39, 0.29) is 23.6 Å². The van der Waals surface area contributed by atoms with Crippen LogP contribution >= 0.6 is 0 Å². The van der Waals surface area contributed by atoms with E-state index in [2.05, 4.69) is 4.98 Å². The second-order valence-corrected chi connectivity index (χ2v) is 7.01. The Morgan fingerprint density at radius 2 is 1.84 bits per heavy atom. The van der Waals surface area contributed by atoms with Gasteiger partial charge in [-0.25, -0.2) is 0 Å². The molecule has 2 aromatic carbocycles. The van der Waals surface area contributed by atoms with Crippen LogP contribution in [0, 0.1) is 10.1 Å². The van der Waals surface area contributed by atoms with Gasteiger partial charge in [0.25, 0.3) is 17.4 Å². The zero-order chi connectivity index (χ0) is 22.0. The fourth-order valence-corrected chi connectivity index (χ4v) is 3.64. The number of Topliss-reactive ketones (excluding diaryl/α,β-unsaturated/α-hetero) is 1. The summed E-state index contributed by atoms with van der Waals surface area (Å²) in [5.41, 5.74) is 1.12. The number of benzene rings is 2. The molecule has 1 aromatic heterocycles. The van der Waals surface area contributed by atoms with Gasteiger partial charge in [0.15, 0.2) is 0 Å². The second kappa shape index (κ2) is 8.19. The highest BCUT2D eigenvalue weighted by atomic mass is 16.6. The van der Waals surface area contributed by atoms with E-state index in [1.807, 2.05) is 0 Å². The number of aromatic nitrogens is 1. The number of non-ortho nitro benzene ring substituents is 1. The molecule has 1 fully saturated rings. The number of hydrogen-bond donors (Lipinski definition) is 1. The summed E-state index contributed by atoms with van der Waals surface area (Å²) in [4.78, 5) is 42.0. The summed E-state index contributed by atoms with van der Waals surface area (Å²) in [6.45, 7) is 0.0529. The topological polar surface area (TPSA) is 114 Å². The van der Waals surface area contributed by atoms with Crippen molar-refractivity contribution in [2.75, 3.05) is 0 Å². The summed E-state index contributed by atoms with van der Waals surface area (Å²) >= 11 is 0. The second-order valence-electron chi connectivity index (χ2n) is 7.01. The number of carbonyl (C=O) groups excluding carboxylic acids is 2. The summed E-state index contributed by atoms with van der Waals surface area (Å²) in [5.74, 6) is -1.97. The molecule has 0 spiro atoms. The first-order chi connectivity index (χ1) is 15.0. The highest BCUT2D eigenvalue weighted by Gasteiger charge is 2.46. The minimum absolute atomic E-state index is 0.0529. The van der Waals surface area contributed by atoms with Gasteiger partial charge in [-0.2, -0.15) is 0 Å². The molecule has 0 saturated carbocycles. The van der Waals surface area contributed by atoms with Crippen LogP contribution < -0.4 is 0 Å². The summed E-state index contributed by atoms with van der Waals surface area (Å²) < 4.78 is 0. The van der Waals surface area contributed by atoms with Gasteiger partial charge in [0.1, 0.15) is 5.76 Å². The maximum atomic E-state index is 13.0. The van der Waals surface area contributed by atoms with E-state index in [1.54, 1.807) is 60.9 Å². The van der Waals surface area contributed by atoms with Gasteiger partial charge in [0.05, 0.1) is 16.5 Å². The van der Waals surface area contributed by atoms with Crippen molar-refractivity contribution >= 4 is 23.1 Å². The molecule has 1 aliphatic rings. The molecule has 2 heterocycles. The molecule has 8 heteroatoms. The lowest BCUT2D eigenvalue weighted by Crippen LogP contribution is -2.29. The number of amides is 1. The molecule has 31 heavy (non-hydrogen) atoms. The number of aliphatic hydroxyl groups excluding tert-OH is 1. The predicted molar refractivity (Wildman–Crippen MR) is 112 cm³/mol. The molecule has 154 valence electrons. The van der Waals surface area contributed by atoms with Crippen molar-refractivity contribution in [2.45, 2.75) is 12.6 Å². The van der Waals surface area contributed by atoms with Crippen LogP contribution in [0.4, 0.5) is 5.69 Å². The third-order valence-electron chi connectivity index (χ3n) is 5.06. The van der Waals surface area contributed by atoms with Gasteiger partial charge in [-0.1, -0.05) is 48.5 Å². The zero-order valence-electron chi connectivity index (χ0n) is 16.2. The van der Waals surface area contributed by atoms with E-state index in [0.29, 0.717) is 16.7 Å². The largest absolute Gasteiger partial charge is 0.507 e. The van der Waals surface area contributed by atoms with Gasteiger partial charge >= 0.3 is 0 Å². The van der Waals surface area contributed by atoms with Gasteiger partial charge in [0, 0.05) is 36.6 Å². The fourth-order valence-electron chi connectivity index (χ4n) is 3.64. The Balaban J connectivity index is 1.89. The Bertz CT molecular complexity index is 1190. The quantitative estimate of drug-likeness (QED) is 0.224. The van der Waals surface area contributed by atoms with Crippen molar-refractivity contribution in [3.63, 3.8) is 0 Å². The number of ketones is 1. The first-order valence-electron chi connectivity index (χ1n) is 9.44. The molecule has 4 rings (SSSR count). The number of aliphatic hydroxyl groups is 1. The summed E-state index contributed by atoms with van der Waals surface area (Å²) in [6, 6.07) is 16.6. The molecule has 1 N–H and O–H groups in total. The molecular weight excluding hydrogens is 398 g/mol. The number of rotatable bonds is 5. The van der Waals surface area contributed by atoms with E-state index < -0.39 is 22.7 Å². The molecule has 1 atom stereocenters. The Labute approximate surface area is 177 Å². The van der Waals surface area contributed by atoms with Crippen LogP contribution in [0.3, 0.4) is 0 Å². The van der Waals surface area contributed by atoms with Crippen molar-refractivity contribution in [3.8, 4) is 0 Å². The standard InChI is InChI=1S/C23H17N3O5/c27-21(16-7-2-1-3-8-16)19-20(17-9-4-10-18(12-17)26(30)31)25(23(29)22(19)28)14-15-6-5-11-24-13-15/h1-13,20,27H,14H2/b21-19+. The van der Waals surface area contributed by atoms with E-state index in [9.17, 15) is 24.8 Å². The monoisotopic (exact) mass is 415 g/mol. The number of carbonyl (C=O) groups is 2. The van der Waals surface area contributed by atoms with Crippen LogP contribution in [-0.2, 0) is 16.1 Å². The number of likely N-dealkylation sites (tertiary alicyclic amines) is 1. The first-order valence-corrected chi connectivity index (χ1v) is 9.44. The van der Waals surface area contributed by atoms with Gasteiger partial charge < -0.3 is 10.0 Å². The minimum atomic E-state index is -0.986. The van der Waals surface area contributed by atoms with Crippen molar-refractivity contribution in [1.82, 2.24) is 9.88 Å². The van der Waals surface area contributed by atoms with Crippen LogP contribution in [-0.4, -0.2) is 31.6 Å². The Hall–Kier alpha value is -4.33. The summed E-state index contributed by atoms with van der Waals surface area (Å²) in [6.07, 6.45) is 3.16. The van der Waals surface area contributed by atoms with E-state index in [0.717, 1.165) is 0 Å². The predicted octanol–water partition coefficient (Wildman–Crippen LogP) is 3.61. The number of nitro groups is 1. The van der Waals surface area contributed by atoms with Gasteiger partial charge in [-0.05, 0) is 17.2 Å². The normalized spacial score (nSPS) is 17.7. The SMILES string of the molecule is O=C1C(=O)N(Cc2cccnc2)C(c2cccc([N+](=O)[O-])c2)/C1=C(\O)c1ccccc1. The average molecular weight is 415 g/mol. The molecule has 0 aliphatic carbocycles. The fraction of sp³-hybridized carbons (Fsp3) is 0.0870. The smallest absolute Gasteiger partial charge is 0.295 e. The van der Waals surface area contributed by atoms with Gasteiger partial charge in [-0.15, -0.1) is 0 Å². The number of pyridine rings is 1. The van der Waals surface area contributed by atoms with Crippen molar-refractivity contribution in [3.05, 3.63) is 112 Å². The Morgan fingerprint density at radius 1 is 1.06 bits per heavy atom. The molecular formula is C23H17N3O5. The maximum absolute atomic E-state index is 13.0. The van der Waals surface area contributed by atoms with Crippen LogP contribution in [0.15, 0.2) is 84.7 Å². The van der Waals surface area contributed by atoms with Crippen molar-refractivity contribution in [2.24, 2.45) is 0 Å². The lowest BCUT2D eigenvalue weighted by atomic mass is 9.95. The van der Waals surface area contributed by atoms with Crippen molar-refractivity contribution < 1.29 is 19.6 Å². The van der Waals surface area contributed by atoms with Crippen LogP contribution in [0.1, 0.15) is 22.7 Å². The van der Waals surface area contributed by atoms with E-state index in [1.165, 1.54) is 23.1 Å². The molecule has 0 bridgehead atoms. The molecule has 8 nitrogen and oxygen atoms in total. The molecule has 1 amide bonds. The molecule has 1 aliphatic heterocycles. The highest BCUT2D eigenvalue weighted by molar-refractivity contribution is 6.46. The highest BCUT2D eigenvalue weighted by Crippen LogP contribution is 2.40. The minimum Gasteiger partial charge on any atom is -0.507 e. The number of hydrogen-bond acceptors (Lipinski definition) is 6. The van der Waals surface area contributed by atoms with Crippen LogP contribution in [0.25, 0.3) is 5.76 Å². The van der Waals surface area contributed by atoms with Crippen LogP contribution in [0.2, 0.25) is 0 Å². The Kier molecular flexibility index (Phi) is 5.28. The van der Waals surface area contributed by atoms with E-state index >= 15 is 0 Å². The molecule has 1 unspecified atom stereocenters. The Morgan fingerprint density at radius 3 is 2.52 bits per heavy atom. The molecule has 0 radical (unpaired) electrons. The average Bonchev–Trinajstić information content (AvgIpc) is 3.05. The van der Waals surface area contributed by atoms with Gasteiger partial charge in [0.2, 0.25) is 0 Å². The van der Waals surface area contributed by atoms with Gasteiger partial charge in [-0.3, -0.25) is 24.7 Å². The molecule has 1 saturated heterocycles. The number of nitrogens with zero attached hydrogens (tertiary/aromatic N) is 3. The zero-order valence-corrected chi connectivity index (χ0v) is 16.2. The lowest BCUT2D eigenvalue weighted by Gasteiger charge is -2.25. The summed E-state index contributed by atoms with van der Waals surface area (Å²) in [7, 11) is 0. The third kappa shape index (κ3) is 3.78. The van der Waals surface area contributed by atoms with Crippen LogP contribution in [0.5, 0.6) is 0 Å².